The minimum atomic E-state index is -2.53. The summed E-state index contributed by atoms with van der Waals surface area (Å²) in [4.78, 5) is 24.0. The highest BCUT2D eigenvalue weighted by atomic mass is 32.2. The van der Waals surface area contributed by atoms with E-state index in [0.717, 1.165) is 12.0 Å². The first-order valence-corrected chi connectivity index (χ1v) is 10.3. The summed E-state index contributed by atoms with van der Waals surface area (Å²) >= 11 is -2.53. The maximum atomic E-state index is 13.1. The number of carbonyl (C=O) groups is 2. The van der Waals surface area contributed by atoms with Gasteiger partial charge in [-0.3, -0.25) is 14.1 Å². The summed E-state index contributed by atoms with van der Waals surface area (Å²) in [6, 6.07) is 13.7. The van der Waals surface area contributed by atoms with E-state index >= 15 is 0 Å². The standard InChI is InChI=1S/C21H25NO6S/c1-14(2)12-19(16-6-4-3-5-7-16)22-21(25)18-13-17(28-29(26)27)10-8-15(18)9-11-20(23)24/h3-8,10,13-14,19H,9,11-12H2,1-2H3,(H,22,25)(H,23,24)(H,26,27). The lowest BCUT2D eigenvalue weighted by Gasteiger charge is -2.22. The number of carboxylic acid groups (broad SMARTS) is 1. The molecule has 0 bridgehead atoms. The Bertz CT molecular complexity index is 869. The third kappa shape index (κ3) is 7.32. The maximum Gasteiger partial charge on any atom is 0.357 e. The molecule has 0 spiro atoms. The van der Waals surface area contributed by atoms with Gasteiger partial charge < -0.3 is 14.6 Å². The fourth-order valence-electron chi connectivity index (χ4n) is 3.03. The van der Waals surface area contributed by atoms with Crippen molar-refractivity contribution >= 4 is 23.2 Å². The van der Waals surface area contributed by atoms with Crippen LogP contribution in [0.3, 0.4) is 0 Å². The van der Waals surface area contributed by atoms with Crippen LogP contribution in [0.1, 0.15) is 54.2 Å². The molecule has 0 aliphatic heterocycles. The highest BCUT2D eigenvalue weighted by molar-refractivity contribution is 7.74. The van der Waals surface area contributed by atoms with Crippen LogP contribution in [0.5, 0.6) is 5.75 Å². The molecule has 2 rings (SSSR count). The van der Waals surface area contributed by atoms with Crippen LogP contribution < -0.4 is 9.50 Å². The van der Waals surface area contributed by atoms with Crippen molar-refractivity contribution in [1.29, 1.82) is 0 Å². The number of carbonyl (C=O) groups excluding carboxylic acids is 1. The number of benzene rings is 2. The number of hydrogen-bond donors (Lipinski definition) is 3. The molecule has 8 heteroatoms. The molecule has 156 valence electrons. The van der Waals surface area contributed by atoms with E-state index in [1.165, 1.54) is 12.1 Å². The molecule has 3 N–H and O–H groups in total. The molecule has 0 saturated heterocycles. The van der Waals surface area contributed by atoms with Gasteiger partial charge in [-0.1, -0.05) is 50.2 Å². The molecule has 1 amide bonds. The lowest BCUT2D eigenvalue weighted by atomic mass is 9.95. The number of hydrogen-bond acceptors (Lipinski definition) is 4. The second kappa shape index (κ2) is 10.7. The second-order valence-electron chi connectivity index (χ2n) is 7.08. The van der Waals surface area contributed by atoms with Crippen molar-refractivity contribution in [3.8, 4) is 5.75 Å². The van der Waals surface area contributed by atoms with Crippen LogP contribution in [-0.2, 0) is 22.6 Å². The van der Waals surface area contributed by atoms with E-state index in [0.29, 0.717) is 11.5 Å². The van der Waals surface area contributed by atoms with Gasteiger partial charge in [-0.25, -0.2) is 0 Å². The molecule has 2 aromatic carbocycles. The van der Waals surface area contributed by atoms with Gasteiger partial charge in [-0.2, -0.15) is 4.21 Å². The van der Waals surface area contributed by atoms with Crippen molar-refractivity contribution in [2.75, 3.05) is 0 Å². The third-order valence-corrected chi connectivity index (χ3v) is 4.65. The van der Waals surface area contributed by atoms with Crippen LogP contribution >= 0.6 is 0 Å². The van der Waals surface area contributed by atoms with E-state index in [9.17, 15) is 13.8 Å². The first kappa shape index (κ1) is 22.6. The van der Waals surface area contributed by atoms with Gasteiger partial charge in [0.25, 0.3) is 5.91 Å². The Balaban J connectivity index is 2.33. The average Bonchev–Trinajstić information content (AvgIpc) is 2.66. The summed E-state index contributed by atoms with van der Waals surface area (Å²) < 4.78 is 24.7. The molecule has 0 fully saturated rings. The van der Waals surface area contributed by atoms with Gasteiger partial charge in [-0.15, -0.1) is 0 Å². The molecule has 0 saturated carbocycles. The summed E-state index contributed by atoms with van der Waals surface area (Å²) in [6.45, 7) is 4.12. The summed E-state index contributed by atoms with van der Waals surface area (Å²) in [5.41, 5.74) is 1.71. The van der Waals surface area contributed by atoms with E-state index in [2.05, 4.69) is 19.2 Å². The highest BCUT2D eigenvalue weighted by Crippen LogP contribution is 2.24. The quantitative estimate of drug-likeness (QED) is 0.506. The highest BCUT2D eigenvalue weighted by Gasteiger charge is 2.20. The molecule has 0 aliphatic rings. The van der Waals surface area contributed by atoms with Crippen molar-refractivity contribution < 1.29 is 27.6 Å². The maximum absolute atomic E-state index is 13.1. The van der Waals surface area contributed by atoms with Crippen LogP contribution in [0.2, 0.25) is 0 Å². The largest absolute Gasteiger partial charge is 0.481 e. The van der Waals surface area contributed by atoms with Crippen LogP contribution in [-0.4, -0.2) is 25.7 Å². The average molecular weight is 419 g/mol. The fourth-order valence-corrected chi connectivity index (χ4v) is 3.30. The number of aryl methyl sites for hydroxylation is 1. The molecule has 2 unspecified atom stereocenters. The summed E-state index contributed by atoms with van der Waals surface area (Å²) in [7, 11) is 0. The third-order valence-electron chi connectivity index (χ3n) is 4.32. The number of carboxylic acids is 1. The van der Waals surface area contributed by atoms with E-state index in [1.54, 1.807) is 6.07 Å². The van der Waals surface area contributed by atoms with E-state index < -0.39 is 23.2 Å². The monoisotopic (exact) mass is 419 g/mol. The van der Waals surface area contributed by atoms with Crippen molar-refractivity contribution in [3.63, 3.8) is 0 Å². The van der Waals surface area contributed by atoms with Gasteiger partial charge in [0, 0.05) is 12.0 Å². The Morgan fingerprint density at radius 3 is 2.41 bits per heavy atom. The molecule has 0 aliphatic carbocycles. The number of nitrogens with one attached hydrogen (secondary N) is 1. The molecular weight excluding hydrogens is 394 g/mol. The second-order valence-corrected chi connectivity index (χ2v) is 7.68. The van der Waals surface area contributed by atoms with E-state index in [-0.39, 0.29) is 30.2 Å². The normalized spacial score (nSPS) is 13.0. The fraction of sp³-hybridized carbons (Fsp3) is 0.333. The summed E-state index contributed by atoms with van der Waals surface area (Å²) in [6.07, 6.45) is 0.734. The molecule has 29 heavy (non-hydrogen) atoms. The van der Waals surface area contributed by atoms with Crippen LogP contribution in [0, 0.1) is 5.92 Å². The molecule has 0 aromatic heterocycles. The lowest BCUT2D eigenvalue weighted by molar-refractivity contribution is -0.136. The Morgan fingerprint density at radius 2 is 1.83 bits per heavy atom. The Hall–Kier alpha value is -2.71. The van der Waals surface area contributed by atoms with Crippen molar-refractivity contribution in [2.24, 2.45) is 5.92 Å². The van der Waals surface area contributed by atoms with Gasteiger partial charge in [0.1, 0.15) is 5.75 Å². The SMILES string of the molecule is CC(C)CC(NC(=O)c1cc(OS(=O)O)ccc1CCC(=O)O)c1ccccc1. The van der Waals surface area contributed by atoms with Crippen molar-refractivity contribution in [1.82, 2.24) is 5.32 Å². The zero-order valence-corrected chi connectivity index (χ0v) is 17.1. The van der Waals surface area contributed by atoms with Gasteiger partial charge in [0.05, 0.1) is 6.04 Å². The van der Waals surface area contributed by atoms with Gasteiger partial charge in [0.2, 0.25) is 0 Å². The first-order valence-electron chi connectivity index (χ1n) is 9.26. The number of aliphatic carboxylic acids is 1. The molecule has 2 atom stereocenters. The van der Waals surface area contributed by atoms with E-state index in [4.69, 9.17) is 13.8 Å². The minimum absolute atomic E-state index is 0.0511. The summed E-state index contributed by atoms with van der Waals surface area (Å²) in [5, 5.41) is 12.0. The zero-order valence-electron chi connectivity index (χ0n) is 16.3. The van der Waals surface area contributed by atoms with Gasteiger partial charge in [-0.05, 0) is 42.0 Å². The molecular formula is C21H25NO6S. The van der Waals surface area contributed by atoms with Crippen LogP contribution in [0.4, 0.5) is 0 Å². The zero-order chi connectivity index (χ0) is 21.4. The molecule has 0 heterocycles. The van der Waals surface area contributed by atoms with Crippen molar-refractivity contribution in [2.45, 2.75) is 39.2 Å². The Kier molecular flexibility index (Phi) is 8.35. The number of amides is 1. The first-order chi connectivity index (χ1) is 13.8. The molecule has 2 aromatic rings. The number of rotatable bonds is 10. The Labute approximate surface area is 172 Å². The molecule has 0 radical (unpaired) electrons. The van der Waals surface area contributed by atoms with Crippen LogP contribution in [0.15, 0.2) is 48.5 Å². The summed E-state index contributed by atoms with van der Waals surface area (Å²) in [5.74, 6) is -0.988. The Morgan fingerprint density at radius 1 is 1.14 bits per heavy atom. The molecule has 7 nitrogen and oxygen atoms in total. The lowest BCUT2D eigenvalue weighted by Crippen LogP contribution is -2.30. The smallest absolute Gasteiger partial charge is 0.357 e. The van der Waals surface area contributed by atoms with Gasteiger partial charge >= 0.3 is 17.3 Å². The predicted octanol–water partition coefficient (Wildman–Crippen LogP) is 3.74. The minimum Gasteiger partial charge on any atom is -0.481 e. The van der Waals surface area contributed by atoms with Gasteiger partial charge in [0.15, 0.2) is 0 Å². The predicted molar refractivity (Wildman–Crippen MR) is 110 cm³/mol. The van der Waals surface area contributed by atoms with Crippen molar-refractivity contribution in [3.05, 3.63) is 65.2 Å². The van der Waals surface area contributed by atoms with Crippen LogP contribution in [0.25, 0.3) is 0 Å². The topological polar surface area (TPSA) is 113 Å². The van der Waals surface area contributed by atoms with E-state index in [1.807, 2.05) is 30.3 Å².